The zero-order valence-electron chi connectivity index (χ0n) is 13.5. The Labute approximate surface area is 135 Å². The van der Waals surface area contributed by atoms with E-state index in [0.29, 0.717) is 11.8 Å². The molecule has 3 fully saturated rings. The van der Waals surface area contributed by atoms with Crippen molar-refractivity contribution >= 4 is 0 Å². The zero-order valence-corrected chi connectivity index (χ0v) is 13.5. The van der Waals surface area contributed by atoms with Gasteiger partial charge in [-0.05, 0) is 45.1 Å². The fourth-order valence-corrected chi connectivity index (χ4v) is 3.58. The molecule has 0 spiro atoms. The highest BCUT2D eigenvalue weighted by molar-refractivity contribution is 5.09. The van der Waals surface area contributed by atoms with Crippen LogP contribution in [0.3, 0.4) is 0 Å². The average molecular weight is 314 g/mol. The Kier molecular flexibility index (Phi) is 3.04. The van der Waals surface area contributed by atoms with Crippen molar-refractivity contribution in [3.8, 4) is 0 Å². The molecule has 7 nitrogen and oxygen atoms in total. The first-order valence-electron chi connectivity index (χ1n) is 8.75. The van der Waals surface area contributed by atoms with Gasteiger partial charge < -0.3 is 9.09 Å². The van der Waals surface area contributed by atoms with Crippen molar-refractivity contribution in [2.45, 2.75) is 62.9 Å². The summed E-state index contributed by atoms with van der Waals surface area (Å²) in [5.74, 6) is 5.03. The molecule has 3 aliphatic rings. The molecule has 2 aliphatic carbocycles. The molecule has 2 aromatic rings. The maximum Gasteiger partial charge on any atom is 0.229 e. The Balaban J connectivity index is 1.34. The van der Waals surface area contributed by atoms with Gasteiger partial charge in [0.05, 0.1) is 12.6 Å². The normalized spacial score (nSPS) is 25.3. The number of hydrogen-bond acceptors (Lipinski definition) is 6. The van der Waals surface area contributed by atoms with Crippen LogP contribution in [0.2, 0.25) is 0 Å². The predicted molar refractivity (Wildman–Crippen MR) is 81.6 cm³/mol. The Morgan fingerprint density at radius 2 is 1.91 bits per heavy atom. The van der Waals surface area contributed by atoms with Crippen molar-refractivity contribution in [3.63, 3.8) is 0 Å². The molecule has 7 heteroatoms. The second-order valence-corrected chi connectivity index (χ2v) is 7.20. The molecule has 0 radical (unpaired) electrons. The van der Waals surface area contributed by atoms with Gasteiger partial charge in [0.2, 0.25) is 5.89 Å². The quantitative estimate of drug-likeness (QED) is 0.843. The van der Waals surface area contributed by atoms with Crippen LogP contribution in [0.1, 0.15) is 79.8 Å². The number of hydrogen-bond donors (Lipinski definition) is 0. The lowest BCUT2D eigenvalue weighted by Crippen LogP contribution is -2.25. The Hall–Kier alpha value is -1.76. The van der Waals surface area contributed by atoms with Crippen LogP contribution in [0.15, 0.2) is 4.52 Å². The zero-order chi connectivity index (χ0) is 15.4. The molecule has 23 heavy (non-hydrogen) atoms. The van der Waals surface area contributed by atoms with E-state index >= 15 is 0 Å². The average Bonchev–Trinajstić information content (AvgIpc) is 3.45. The third kappa shape index (κ3) is 2.47. The highest BCUT2D eigenvalue weighted by atomic mass is 16.5. The topological polar surface area (TPSA) is 72.9 Å². The van der Waals surface area contributed by atoms with E-state index in [1.165, 1.54) is 32.1 Å². The Bertz CT molecular complexity index is 714. The van der Waals surface area contributed by atoms with E-state index in [2.05, 4.69) is 36.9 Å². The van der Waals surface area contributed by atoms with Gasteiger partial charge in [-0.15, -0.1) is 10.2 Å². The minimum atomic E-state index is 0.257. The van der Waals surface area contributed by atoms with Gasteiger partial charge in [0.1, 0.15) is 11.6 Å². The summed E-state index contributed by atoms with van der Waals surface area (Å²) in [4.78, 5) is 7.07. The van der Waals surface area contributed by atoms with E-state index in [0.717, 1.165) is 42.9 Å². The minimum Gasteiger partial charge on any atom is -0.339 e. The third-order valence-electron chi connectivity index (χ3n) is 5.33. The van der Waals surface area contributed by atoms with Gasteiger partial charge in [-0.25, -0.2) is 0 Å². The highest BCUT2D eigenvalue weighted by Gasteiger charge is 2.35. The lowest BCUT2D eigenvalue weighted by molar-refractivity contribution is 0.226. The van der Waals surface area contributed by atoms with Gasteiger partial charge in [0.25, 0.3) is 0 Å². The summed E-state index contributed by atoms with van der Waals surface area (Å²) in [6, 6.07) is 0.257. The molecule has 0 aromatic carbocycles. The monoisotopic (exact) mass is 314 g/mol. The number of nitrogens with zero attached hydrogens (tertiary/aromatic N) is 6. The van der Waals surface area contributed by atoms with Gasteiger partial charge in [-0.2, -0.15) is 4.98 Å². The van der Waals surface area contributed by atoms with Gasteiger partial charge in [0.15, 0.2) is 5.82 Å². The smallest absolute Gasteiger partial charge is 0.229 e. The standard InChI is InChI=1S/C16H22N6O/c1-21-13(18-19-15(21)10-4-5-10)9-22-8-2-3-12(22)14-17-16(23-20-14)11-6-7-11/h10-12H,2-9H2,1H3/t12-/m0/s1. The van der Waals surface area contributed by atoms with Gasteiger partial charge in [-0.3, -0.25) is 4.90 Å². The minimum absolute atomic E-state index is 0.257. The maximum atomic E-state index is 5.45. The van der Waals surface area contributed by atoms with Crippen LogP contribution in [-0.2, 0) is 13.6 Å². The van der Waals surface area contributed by atoms with Gasteiger partial charge in [-0.1, -0.05) is 5.16 Å². The van der Waals surface area contributed by atoms with Crippen molar-refractivity contribution in [2.24, 2.45) is 7.05 Å². The fraction of sp³-hybridized carbons (Fsp3) is 0.750. The van der Waals surface area contributed by atoms with Crippen molar-refractivity contribution < 1.29 is 4.52 Å². The molecule has 3 heterocycles. The molecule has 1 saturated heterocycles. The van der Waals surface area contributed by atoms with Crippen molar-refractivity contribution in [1.29, 1.82) is 0 Å². The largest absolute Gasteiger partial charge is 0.339 e. The molecule has 5 rings (SSSR count). The SMILES string of the molecule is Cn1c(CN2CCC[C@H]2c2noc(C3CC3)n2)nnc1C1CC1. The molecule has 2 saturated carbocycles. The summed E-state index contributed by atoms with van der Waals surface area (Å²) >= 11 is 0. The first-order chi connectivity index (χ1) is 11.3. The molecule has 0 unspecified atom stereocenters. The summed E-state index contributed by atoms with van der Waals surface area (Å²) in [6.45, 7) is 1.87. The molecule has 1 atom stereocenters. The van der Waals surface area contributed by atoms with E-state index in [1.54, 1.807) is 0 Å². The molecule has 1 aliphatic heterocycles. The van der Waals surface area contributed by atoms with Crippen LogP contribution in [0.4, 0.5) is 0 Å². The van der Waals surface area contributed by atoms with E-state index in [9.17, 15) is 0 Å². The predicted octanol–water partition coefficient (Wildman–Crippen LogP) is 2.29. The van der Waals surface area contributed by atoms with Crippen LogP contribution in [-0.4, -0.2) is 36.3 Å². The van der Waals surface area contributed by atoms with Crippen molar-refractivity contribution in [2.75, 3.05) is 6.54 Å². The molecular formula is C16H22N6O. The maximum absolute atomic E-state index is 5.45. The third-order valence-corrected chi connectivity index (χ3v) is 5.33. The first kappa shape index (κ1) is 13.7. The van der Waals surface area contributed by atoms with Crippen LogP contribution in [0.5, 0.6) is 0 Å². The summed E-state index contributed by atoms with van der Waals surface area (Å²) in [7, 11) is 2.09. The first-order valence-corrected chi connectivity index (χ1v) is 8.75. The van der Waals surface area contributed by atoms with Gasteiger partial charge >= 0.3 is 0 Å². The molecule has 0 bridgehead atoms. The summed E-state index contributed by atoms with van der Waals surface area (Å²) < 4.78 is 7.63. The van der Waals surface area contributed by atoms with E-state index in [4.69, 9.17) is 4.52 Å². The molecule has 2 aromatic heterocycles. The Morgan fingerprint density at radius 3 is 2.70 bits per heavy atom. The lowest BCUT2D eigenvalue weighted by atomic mass is 10.2. The molecular weight excluding hydrogens is 292 g/mol. The molecule has 0 N–H and O–H groups in total. The summed E-state index contributed by atoms with van der Waals surface area (Å²) in [5, 5.41) is 13.1. The van der Waals surface area contributed by atoms with E-state index in [1.807, 2.05) is 0 Å². The number of likely N-dealkylation sites (tertiary alicyclic amines) is 1. The fourth-order valence-electron chi connectivity index (χ4n) is 3.58. The van der Waals surface area contributed by atoms with Crippen LogP contribution >= 0.6 is 0 Å². The Morgan fingerprint density at radius 1 is 1.09 bits per heavy atom. The second kappa shape index (κ2) is 5.12. The van der Waals surface area contributed by atoms with Gasteiger partial charge in [0, 0.05) is 18.9 Å². The number of rotatable bonds is 5. The molecule has 122 valence electrons. The number of aromatic nitrogens is 5. The van der Waals surface area contributed by atoms with E-state index in [-0.39, 0.29) is 6.04 Å². The van der Waals surface area contributed by atoms with Crippen molar-refractivity contribution in [3.05, 3.63) is 23.4 Å². The second-order valence-electron chi connectivity index (χ2n) is 7.20. The highest BCUT2D eigenvalue weighted by Crippen LogP contribution is 2.41. The summed E-state index contributed by atoms with van der Waals surface area (Å²) in [5.41, 5.74) is 0. The van der Waals surface area contributed by atoms with Crippen LogP contribution in [0, 0.1) is 0 Å². The van der Waals surface area contributed by atoms with E-state index < -0.39 is 0 Å². The van der Waals surface area contributed by atoms with Crippen LogP contribution < -0.4 is 0 Å². The summed E-state index contributed by atoms with van der Waals surface area (Å²) in [6.07, 6.45) is 7.16. The molecule has 0 amide bonds. The van der Waals surface area contributed by atoms with Crippen LogP contribution in [0.25, 0.3) is 0 Å². The van der Waals surface area contributed by atoms with Crippen molar-refractivity contribution in [1.82, 2.24) is 29.8 Å². The lowest BCUT2D eigenvalue weighted by Gasteiger charge is -2.21.